The summed E-state index contributed by atoms with van der Waals surface area (Å²) in [7, 11) is 0. The number of ether oxygens (including phenoxy) is 1. The van der Waals surface area contributed by atoms with E-state index < -0.39 is 0 Å². The molecule has 1 heterocycles. The molecule has 2 aromatic rings. The third-order valence-corrected chi connectivity index (χ3v) is 3.37. The van der Waals surface area contributed by atoms with Crippen molar-refractivity contribution in [3.05, 3.63) is 47.2 Å². The fourth-order valence-corrected chi connectivity index (χ4v) is 2.40. The number of nitrogens with two attached hydrogens (primary N) is 1. The third kappa shape index (κ3) is 3.19. The first kappa shape index (κ1) is 13.7. The zero-order valence-corrected chi connectivity index (χ0v) is 11.8. The lowest BCUT2D eigenvalue weighted by Crippen LogP contribution is -2.13. The average molecular weight is 294 g/mol. The number of nitrogens with zero attached hydrogens (tertiary/aromatic N) is 1. The van der Waals surface area contributed by atoms with E-state index in [9.17, 15) is 0 Å². The van der Waals surface area contributed by atoms with Crippen LogP contribution in [-0.4, -0.2) is 17.1 Å². The number of nitrogens with one attached hydrogen (secondary N) is 1. The van der Waals surface area contributed by atoms with Crippen molar-refractivity contribution in [1.29, 1.82) is 5.41 Å². The molecule has 0 amide bonds. The van der Waals surface area contributed by atoms with Gasteiger partial charge in [-0.05, 0) is 18.4 Å². The van der Waals surface area contributed by atoms with E-state index in [0.717, 1.165) is 4.90 Å². The summed E-state index contributed by atoms with van der Waals surface area (Å²) in [6.07, 6.45) is 5.01. The highest BCUT2D eigenvalue weighted by Gasteiger charge is 2.13. The highest BCUT2D eigenvalue weighted by molar-refractivity contribution is 7.98. The molecule has 0 aliphatic carbocycles. The summed E-state index contributed by atoms with van der Waals surface area (Å²) in [6, 6.07) is 7.16. The summed E-state index contributed by atoms with van der Waals surface area (Å²) in [5.41, 5.74) is 6.20. The fourth-order valence-electron chi connectivity index (χ4n) is 1.61. The molecule has 0 spiro atoms. The summed E-state index contributed by atoms with van der Waals surface area (Å²) in [6.45, 7) is 0. The van der Waals surface area contributed by atoms with Gasteiger partial charge < -0.3 is 10.5 Å². The molecular formula is C13H12ClN3OS. The Labute approximate surface area is 120 Å². The Balaban J connectivity index is 2.42. The zero-order valence-electron chi connectivity index (χ0n) is 10.2. The fraction of sp³-hybridized carbons (Fsp3) is 0.0769. The second kappa shape index (κ2) is 5.95. The molecule has 0 bridgehead atoms. The molecule has 0 fully saturated rings. The lowest BCUT2D eigenvalue weighted by atomic mass is 10.2. The van der Waals surface area contributed by atoms with Gasteiger partial charge in [0, 0.05) is 17.2 Å². The van der Waals surface area contributed by atoms with Crippen LogP contribution in [0.2, 0.25) is 5.02 Å². The number of pyridine rings is 1. The maximum absolute atomic E-state index is 7.67. The maximum Gasteiger partial charge on any atom is 0.147 e. The number of amidine groups is 1. The van der Waals surface area contributed by atoms with Crippen molar-refractivity contribution in [2.24, 2.45) is 5.73 Å². The van der Waals surface area contributed by atoms with Gasteiger partial charge in [-0.1, -0.05) is 17.7 Å². The largest absolute Gasteiger partial charge is 0.455 e. The van der Waals surface area contributed by atoms with E-state index in [2.05, 4.69) is 4.98 Å². The molecule has 0 saturated carbocycles. The van der Waals surface area contributed by atoms with Crippen LogP contribution in [0.15, 0.2) is 41.6 Å². The van der Waals surface area contributed by atoms with E-state index in [1.807, 2.05) is 18.4 Å². The minimum atomic E-state index is -0.0325. The molecule has 98 valence electrons. The lowest BCUT2D eigenvalue weighted by molar-refractivity contribution is 0.477. The number of benzene rings is 1. The van der Waals surface area contributed by atoms with Crippen molar-refractivity contribution in [2.45, 2.75) is 4.90 Å². The van der Waals surface area contributed by atoms with Gasteiger partial charge >= 0.3 is 0 Å². The lowest BCUT2D eigenvalue weighted by Gasteiger charge is -2.13. The molecule has 1 aromatic carbocycles. The number of hydrogen-bond acceptors (Lipinski definition) is 4. The third-order valence-electron chi connectivity index (χ3n) is 2.38. The van der Waals surface area contributed by atoms with E-state index in [0.29, 0.717) is 22.1 Å². The standard InChI is InChI=1S/C13H12ClN3OS/c1-19-11-4-2-3-10(12(11)13(15)16)18-9-5-8(14)6-17-7-9/h2-7H,1H3,(H3,15,16). The molecule has 2 rings (SSSR count). The van der Waals surface area contributed by atoms with Crippen molar-refractivity contribution in [2.75, 3.05) is 6.26 Å². The Bertz CT molecular complexity index is 619. The first-order chi connectivity index (χ1) is 9.11. The predicted molar refractivity (Wildman–Crippen MR) is 78.6 cm³/mol. The van der Waals surface area contributed by atoms with Gasteiger partial charge in [0.05, 0.1) is 16.8 Å². The summed E-state index contributed by atoms with van der Waals surface area (Å²) in [5.74, 6) is 0.992. The molecule has 0 unspecified atom stereocenters. The molecule has 0 saturated heterocycles. The average Bonchev–Trinajstić information content (AvgIpc) is 2.38. The number of thioether (sulfide) groups is 1. The van der Waals surface area contributed by atoms with Gasteiger partial charge in [0.15, 0.2) is 0 Å². The van der Waals surface area contributed by atoms with Gasteiger partial charge in [-0.2, -0.15) is 0 Å². The molecule has 0 radical (unpaired) electrons. The number of hydrogen-bond donors (Lipinski definition) is 2. The molecule has 6 heteroatoms. The SMILES string of the molecule is CSc1cccc(Oc2cncc(Cl)c2)c1C(=N)N. The predicted octanol–water partition coefficient (Wildman–Crippen LogP) is 3.53. The quantitative estimate of drug-likeness (QED) is 0.514. The molecular weight excluding hydrogens is 282 g/mol. The molecule has 3 N–H and O–H groups in total. The molecule has 0 atom stereocenters. The topological polar surface area (TPSA) is 72.0 Å². The van der Waals surface area contributed by atoms with Gasteiger partial charge in [-0.25, -0.2) is 0 Å². The van der Waals surface area contributed by atoms with E-state index >= 15 is 0 Å². The summed E-state index contributed by atoms with van der Waals surface area (Å²) < 4.78 is 5.71. The van der Waals surface area contributed by atoms with Crippen molar-refractivity contribution >= 4 is 29.2 Å². The Hall–Kier alpha value is -1.72. The Kier molecular flexibility index (Phi) is 4.29. The van der Waals surface area contributed by atoms with Crippen LogP contribution in [0, 0.1) is 5.41 Å². The Morgan fingerprint density at radius 2 is 2.21 bits per heavy atom. The van der Waals surface area contributed by atoms with Crippen molar-refractivity contribution in [3.63, 3.8) is 0 Å². The van der Waals surface area contributed by atoms with Crippen molar-refractivity contribution < 1.29 is 4.74 Å². The molecule has 19 heavy (non-hydrogen) atoms. The maximum atomic E-state index is 7.67. The van der Waals surface area contributed by atoms with Crippen LogP contribution in [0.4, 0.5) is 0 Å². The van der Waals surface area contributed by atoms with Crippen LogP contribution in [0.5, 0.6) is 11.5 Å². The monoisotopic (exact) mass is 293 g/mol. The molecule has 1 aromatic heterocycles. The van der Waals surface area contributed by atoms with Crippen molar-refractivity contribution in [3.8, 4) is 11.5 Å². The summed E-state index contributed by atoms with van der Waals surface area (Å²) >= 11 is 7.37. The molecule has 0 aliphatic heterocycles. The molecule has 0 aliphatic rings. The van der Waals surface area contributed by atoms with E-state index in [1.165, 1.54) is 18.0 Å². The Morgan fingerprint density at radius 3 is 2.84 bits per heavy atom. The number of aromatic nitrogens is 1. The van der Waals surface area contributed by atoms with Crippen LogP contribution >= 0.6 is 23.4 Å². The summed E-state index contributed by atoms with van der Waals surface area (Å²) in [5, 5.41) is 8.16. The summed E-state index contributed by atoms with van der Waals surface area (Å²) in [4.78, 5) is 4.84. The van der Waals surface area contributed by atoms with Gasteiger partial charge in [0.25, 0.3) is 0 Å². The zero-order chi connectivity index (χ0) is 13.8. The number of rotatable bonds is 4. The highest BCUT2D eigenvalue weighted by Crippen LogP contribution is 2.32. The van der Waals surface area contributed by atoms with E-state index in [1.54, 1.807) is 18.3 Å². The van der Waals surface area contributed by atoms with Gasteiger partial charge in [-0.15, -0.1) is 11.8 Å². The van der Waals surface area contributed by atoms with Gasteiger partial charge in [0.2, 0.25) is 0 Å². The second-order valence-electron chi connectivity index (χ2n) is 3.69. The number of nitrogen functional groups attached to an aromatic ring is 1. The normalized spacial score (nSPS) is 10.2. The van der Waals surface area contributed by atoms with Crippen LogP contribution in [0.3, 0.4) is 0 Å². The minimum Gasteiger partial charge on any atom is -0.455 e. The van der Waals surface area contributed by atoms with E-state index in [4.69, 9.17) is 27.5 Å². The highest BCUT2D eigenvalue weighted by atomic mass is 35.5. The van der Waals surface area contributed by atoms with Crippen LogP contribution < -0.4 is 10.5 Å². The first-order valence-electron chi connectivity index (χ1n) is 5.41. The van der Waals surface area contributed by atoms with Crippen LogP contribution in [0.1, 0.15) is 5.56 Å². The van der Waals surface area contributed by atoms with Crippen molar-refractivity contribution in [1.82, 2.24) is 4.98 Å². The minimum absolute atomic E-state index is 0.0325. The van der Waals surface area contributed by atoms with Gasteiger partial charge in [0.1, 0.15) is 17.3 Å². The first-order valence-corrected chi connectivity index (χ1v) is 7.02. The number of halogens is 1. The van der Waals surface area contributed by atoms with Gasteiger partial charge in [-0.3, -0.25) is 10.4 Å². The van der Waals surface area contributed by atoms with E-state index in [-0.39, 0.29) is 5.84 Å². The molecule has 4 nitrogen and oxygen atoms in total. The Morgan fingerprint density at radius 1 is 1.42 bits per heavy atom. The smallest absolute Gasteiger partial charge is 0.147 e. The van der Waals surface area contributed by atoms with Crippen LogP contribution in [-0.2, 0) is 0 Å². The second-order valence-corrected chi connectivity index (χ2v) is 4.97. The van der Waals surface area contributed by atoms with Crippen LogP contribution in [0.25, 0.3) is 0 Å².